The number of nitrogens with zero attached hydrogens (tertiary/aromatic N) is 2. The number of carbonyl (C=O) groups excluding carboxylic acids is 1. The summed E-state index contributed by atoms with van der Waals surface area (Å²) < 4.78 is 55.4. The van der Waals surface area contributed by atoms with Gasteiger partial charge in [-0.05, 0) is 18.9 Å². The average molecular weight is 344 g/mol. The van der Waals surface area contributed by atoms with Crippen LogP contribution in [0.3, 0.4) is 0 Å². The SMILES string of the molecule is O=C(NCc1ccc(-c2noc(C(F)(F)F)n2)cc1F)NC1CC1. The van der Waals surface area contributed by atoms with Crippen molar-refractivity contribution in [3.63, 3.8) is 0 Å². The molecule has 2 N–H and O–H groups in total. The van der Waals surface area contributed by atoms with E-state index >= 15 is 0 Å². The van der Waals surface area contributed by atoms with Crippen molar-refractivity contribution in [1.29, 1.82) is 0 Å². The van der Waals surface area contributed by atoms with Crippen molar-refractivity contribution in [1.82, 2.24) is 20.8 Å². The number of nitrogens with one attached hydrogen (secondary N) is 2. The first kappa shape index (κ1) is 16.2. The molecule has 10 heteroatoms. The summed E-state index contributed by atoms with van der Waals surface area (Å²) in [6.45, 7) is -0.0509. The Balaban J connectivity index is 1.67. The van der Waals surface area contributed by atoms with E-state index in [0.717, 1.165) is 18.9 Å². The number of rotatable bonds is 4. The van der Waals surface area contributed by atoms with Crippen LogP contribution >= 0.6 is 0 Å². The van der Waals surface area contributed by atoms with E-state index in [1.807, 2.05) is 0 Å². The minimum atomic E-state index is -4.76. The number of urea groups is 1. The normalized spacial score (nSPS) is 14.5. The van der Waals surface area contributed by atoms with Crippen LogP contribution in [0.15, 0.2) is 22.7 Å². The molecule has 3 rings (SSSR count). The molecule has 1 saturated carbocycles. The largest absolute Gasteiger partial charge is 0.471 e. The summed E-state index contributed by atoms with van der Waals surface area (Å²) >= 11 is 0. The van der Waals surface area contributed by atoms with Gasteiger partial charge < -0.3 is 15.2 Å². The molecule has 1 aliphatic rings. The topological polar surface area (TPSA) is 80.1 Å². The highest BCUT2D eigenvalue weighted by atomic mass is 19.4. The molecule has 0 saturated heterocycles. The molecule has 0 atom stereocenters. The predicted molar refractivity (Wildman–Crippen MR) is 73.1 cm³/mol. The summed E-state index contributed by atoms with van der Waals surface area (Å²) in [6.07, 6.45) is -2.90. The van der Waals surface area contributed by atoms with Gasteiger partial charge in [-0.2, -0.15) is 18.2 Å². The molecular formula is C14H12F4N4O2. The third kappa shape index (κ3) is 3.81. The molecule has 128 valence electrons. The zero-order valence-corrected chi connectivity index (χ0v) is 12.2. The third-order valence-electron chi connectivity index (χ3n) is 3.33. The van der Waals surface area contributed by atoms with E-state index in [1.165, 1.54) is 12.1 Å². The maximum absolute atomic E-state index is 14.0. The van der Waals surface area contributed by atoms with Gasteiger partial charge in [-0.25, -0.2) is 9.18 Å². The molecule has 1 aliphatic carbocycles. The first-order valence-corrected chi connectivity index (χ1v) is 7.07. The van der Waals surface area contributed by atoms with E-state index in [-0.39, 0.29) is 29.5 Å². The van der Waals surface area contributed by atoms with Crippen LogP contribution in [0.1, 0.15) is 24.3 Å². The fraction of sp³-hybridized carbons (Fsp3) is 0.357. The minimum Gasteiger partial charge on any atom is -0.335 e. The Morgan fingerprint density at radius 3 is 2.67 bits per heavy atom. The van der Waals surface area contributed by atoms with Crippen LogP contribution < -0.4 is 10.6 Å². The summed E-state index contributed by atoms with van der Waals surface area (Å²) in [5, 5.41) is 8.38. The Bertz CT molecular complexity index is 755. The van der Waals surface area contributed by atoms with Crippen molar-refractivity contribution >= 4 is 6.03 Å². The highest BCUT2D eigenvalue weighted by Crippen LogP contribution is 2.29. The smallest absolute Gasteiger partial charge is 0.335 e. The Morgan fingerprint density at radius 2 is 2.08 bits per heavy atom. The minimum absolute atomic E-state index is 0.0398. The van der Waals surface area contributed by atoms with Crippen molar-refractivity contribution in [2.24, 2.45) is 0 Å². The maximum Gasteiger partial charge on any atom is 0.471 e. The van der Waals surface area contributed by atoms with Gasteiger partial charge in [0.15, 0.2) is 0 Å². The predicted octanol–water partition coefficient (Wildman–Crippen LogP) is 2.86. The van der Waals surface area contributed by atoms with Crippen LogP contribution in [0.4, 0.5) is 22.4 Å². The zero-order chi connectivity index (χ0) is 17.3. The van der Waals surface area contributed by atoms with Crippen molar-refractivity contribution < 1.29 is 26.9 Å². The number of carbonyl (C=O) groups is 1. The van der Waals surface area contributed by atoms with E-state index in [9.17, 15) is 22.4 Å². The van der Waals surface area contributed by atoms with Gasteiger partial charge in [-0.3, -0.25) is 0 Å². The molecular weight excluding hydrogens is 332 g/mol. The molecule has 2 aromatic rings. The quantitative estimate of drug-likeness (QED) is 0.836. The zero-order valence-electron chi connectivity index (χ0n) is 12.2. The molecule has 6 nitrogen and oxygen atoms in total. The van der Waals surface area contributed by atoms with Gasteiger partial charge in [-0.15, -0.1) is 0 Å². The number of halogens is 4. The van der Waals surface area contributed by atoms with Gasteiger partial charge >= 0.3 is 18.1 Å². The van der Waals surface area contributed by atoms with E-state index in [2.05, 4.69) is 25.3 Å². The van der Waals surface area contributed by atoms with Gasteiger partial charge in [0, 0.05) is 23.7 Å². The van der Waals surface area contributed by atoms with Gasteiger partial charge in [0.1, 0.15) is 5.82 Å². The summed E-state index contributed by atoms with van der Waals surface area (Å²) in [5.41, 5.74) is 0.224. The molecule has 2 amide bonds. The lowest BCUT2D eigenvalue weighted by Gasteiger charge is -2.08. The molecule has 0 aliphatic heterocycles. The monoisotopic (exact) mass is 344 g/mol. The van der Waals surface area contributed by atoms with Gasteiger partial charge in [0.2, 0.25) is 5.82 Å². The first-order chi connectivity index (χ1) is 11.3. The van der Waals surface area contributed by atoms with Crippen LogP contribution in [0.5, 0.6) is 0 Å². The molecule has 0 spiro atoms. The lowest BCUT2D eigenvalue weighted by atomic mass is 10.1. The van der Waals surface area contributed by atoms with Crippen LogP contribution in [-0.2, 0) is 12.7 Å². The molecule has 1 heterocycles. The molecule has 1 fully saturated rings. The first-order valence-electron chi connectivity index (χ1n) is 7.07. The molecule has 1 aromatic heterocycles. The summed E-state index contributed by atoms with van der Waals surface area (Å²) in [5.74, 6) is -2.56. The van der Waals surface area contributed by atoms with Crippen LogP contribution in [0, 0.1) is 5.82 Å². The second-order valence-electron chi connectivity index (χ2n) is 5.33. The second kappa shape index (κ2) is 6.10. The Hall–Kier alpha value is -2.65. The Kier molecular flexibility index (Phi) is 4.12. The van der Waals surface area contributed by atoms with E-state index in [0.29, 0.717) is 0 Å². The highest BCUT2D eigenvalue weighted by Gasteiger charge is 2.38. The standard InChI is InChI=1S/C14H12F4N4O2/c15-10-5-7(11-21-12(24-22-11)14(16,17)18)1-2-8(10)6-19-13(23)20-9-3-4-9/h1-2,5,9H,3-4,6H2,(H2,19,20,23). The van der Waals surface area contributed by atoms with Gasteiger partial charge in [-0.1, -0.05) is 17.3 Å². The number of alkyl halides is 3. The van der Waals surface area contributed by atoms with Crippen molar-refractivity contribution in [2.75, 3.05) is 0 Å². The lowest BCUT2D eigenvalue weighted by molar-refractivity contribution is -0.159. The second-order valence-corrected chi connectivity index (χ2v) is 5.33. The molecule has 0 bridgehead atoms. The fourth-order valence-electron chi connectivity index (χ4n) is 1.93. The van der Waals surface area contributed by atoms with Crippen molar-refractivity contribution in [2.45, 2.75) is 31.6 Å². The summed E-state index contributed by atoms with van der Waals surface area (Å²) in [4.78, 5) is 14.7. The molecule has 0 unspecified atom stereocenters. The van der Waals surface area contributed by atoms with Gasteiger partial charge in [0.05, 0.1) is 0 Å². The average Bonchev–Trinajstić information content (AvgIpc) is 3.16. The van der Waals surface area contributed by atoms with Crippen LogP contribution in [0.2, 0.25) is 0 Å². The number of hydrogen-bond donors (Lipinski definition) is 2. The Labute approximate surface area is 133 Å². The molecule has 24 heavy (non-hydrogen) atoms. The summed E-state index contributed by atoms with van der Waals surface area (Å²) in [7, 11) is 0. The number of benzene rings is 1. The number of hydrogen-bond acceptors (Lipinski definition) is 4. The van der Waals surface area contributed by atoms with Crippen molar-refractivity contribution in [3.8, 4) is 11.4 Å². The number of amides is 2. The Morgan fingerprint density at radius 1 is 1.33 bits per heavy atom. The van der Waals surface area contributed by atoms with Gasteiger partial charge in [0.25, 0.3) is 0 Å². The third-order valence-corrected chi connectivity index (χ3v) is 3.33. The highest BCUT2D eigenvalue weighted by molar-refractivity contribution is 5.74. The van der Waals surface area contributed by atoms with Crippen molar-refractivity contribution in [3.05, 3.63) is 35.5 Å². The van der Waals surface area contributed by atoms with E-state index < -0.39 is 23.9 Å². The number of aromatic nitrogens is 2. The van der Waals surface area contributed by atoms with Crippen LogP contribution in [0.25, 0.3) is 11.4 Å². The van der Waals surface area contributed by atoms with E-state index in [4.69, 9.17) is 0 Å². The van der Waals surface area contributed by atoms with E-state index in [1.54, 1.807) is 0 Å². The molecule has 1 aromatic carbocycles. The lowest BCUT2D eigenvalue weighted by Crippen LogP contribution is -2.36. The summed E-state index contributed by atoms with van der Waals surface area (Å²) in [6, 6.07) is 3.46. The fourth-order valence-corrected chi connectivity index (χ4v) is 1.93. The maximum atomic E-state index is 14.0. The molecule has 0 radical (unpaired) electrons. The van der Waals surface area contributed by atoms with Crippen LogP contribution in [-0.4, -0.2) is 22.2 Å².